The Morgan fingerprint density at radius 1 is 1.24 bits per heavy atom. The van der Waals surface area contributed by atoms with Gasteiger partial charge in [0.25, 0.3) is 5.91 Å². The molecule has 3 aromatic heterocycles. The van der Waals surface area contributed by atoms with Gasteiger partial charge in [0.15, 0.2) is 0 Å². The minimum absolute atomic E-state index is 0.0713. The minimum Gasteiger partial charge on any atom is -0.473 e. The lowest BCUT2D eigenvalue weighted by atomic mass is 10.2. The van der Waals surface area contributed by atoms with Crippen molar-refractivity contribution in [1.82, 2.24) is 20.4 Å². The van der Waals surface area contributed by atoms with Crippen molar-refractivity contribution in [1.29, 1.82) is 0 Å². The molecule has 128 valence electrons. The number of carbonyl (C=O) groups is 1. The van der Waals surface area contributed by atoms with Gasteiger partial charge in [-0.3, -0.25) is 9.78 Å². The Morgan fingerprint density at radius 2 is 2.12 bits per heavy atom. The predicted octanol–water partition coefficient (Wildman–Crippen LogP) is 2.85. The second kappa shape index (κ2) is 7.57. The molecule has 3 heterocycles. The van der Waals surface area contributed by atoms with E-state index in [4.69, 9.17) is 9.26 Å². The van der Waals surface area contributed by atoms with Crippen LogP contribution in [0.15, 0.2) is 53.5 Å². The van der Waals surface area contributed by atoms with Crippen LogP contribution in [0.2, 0.25) is 0 Å². The molecule has 1 N–H and O–H groups in total. The van der Waals surface area contributed by atoms with Crippen LogP contribution in [0, 0.1) is 0 Å². The Morgan fingerprint density at radius 3 is 2.80 bits per heavy atom. The maximum atomic E-state index is 11.9. The van der Waals surface area contributed by atoms with Gasteiger partial charge >= 0.3 is 0 Å². The molecule has 0 aromatic carbocycles. The van der Waals surface area contributed by atoms with Crippen molar-refractivity contribution in [3.8, 4) is 17.3 Å². The second-order valence-corrected chi connectivity index (χ2v) is 5.71. The fourth-order valence-electron chi connectivity index (χ4n) is 2.17. The summed E-state index contributed by atoms with van der Waals surface area (Å²) in [5.74, 6) is 0.250. The normalized spacial score (nSPS) is 10.7. The number of pyridine rings is 2. The van der Waals surface area contributed by atoms with Gasteiger partial charge in [-0.25, -0.2) is 4.98 Å². The molecule has 0 saturated carbocycles. The molecule has 0 radical (unpaired) electrons. The van der Waals surface area contributed by atoms with Gasteiger partial charge in [-0.15, -0.1) is 0 Å². The molecule has 0 atom stereocenters. The molecular formula is C18H18N4O3. The minimum atomic E-state index is -0.162. The Labute approximate surface area is 145 Å². The number of hydrogen-bond donors (Lipinski definition) is 1. The van der Waals surface area contributed by atoms with Gasteiger partial charge < -0.3 is 14.6 Å². The van der Waals surface area contributed by atoms with Crippen LogP contribution < -0.4 is 10.1 Å². The molecule has 7 heteroatoms. The number of nitrogens with one attached hydrogen (secondary N) is 1. The number of aromatic nitrogens is 3. The average molecular weight is 338 g/mol. The first kappa shape index (κ1) is 16.6. The summed E-state index contributed by atoms with van der Waals surface area (Å²) < 4.78 is 10.7. The summed E-state index contributed by atoms with van der Waals surface area (Å²) in [6.07, 6.45) is 4.70. The summed E-state index contributed by atoms with van der Waals surface area (Å²) in [7, 11) is 0. The van der Waals surface area contributed by atoms with Crippen LogP contribution in [0.1, 0.15) is 29.8 Å². The summed E-state index contributed by atoms with van der Waals surface area (Å²) in [6.45, 7) is 4.04. The van der Waals surface area contributed by atoms with E-state index in [9.17, 15) is 4.79 Å². The van der Waals surface area contributed by atoms with E-state index in [1.807, 2.05) is 32.0 Å². The van der Waals surface area contributed by atoms with E-state index >= 15 is 0 Å². The monoisotopic (exact) mass is 338 g/mol. The SMILES string of the molecule is CC(C)NC(=O)c1ccc(OCc2conc2-c2ccccn2)nc1. The van der Waals surface area contributed by atoms with Crippen molar-refractivity contribution in [2.45, 2.75) is 26.5 Å². The number of amides is 1. The number of nitrogens with zero attached hydrogens (tertiary/aromatic N) is 3. The molecule has 1 amide bonds. The Kier molecular flexibility index (Phi) is 5.03. The number of ether oxygens (including phenoxy) is 1. The molecule has 7 nitrogen and oxygen atoms in total. The maximum Gasteiger partial charge on any atom is 0.253 e. The van der Waals surface area contributed by atoms with Crippen LogP contribution in [0.5, 0.6) is 5.88 Å². The third kappa shape index (κ3) is 4.20. The van der Waals surface area contributed by atoms with Gasteiger partial charge in [-0.05, 0) is 32.0 Å². The van der Waals surface area contributed by atoms with Crippen LogP contribution in [-0.2, 0) is 6.61 Å². The predicted molar refractivity (Wildman–Crippen MR) is 90.9 cm³/mol. The number of rotatable bonds is 6. The Bertz CT molecular complexity index is 829. The molecule has 0 aliphatic carbocycles. The molecule has 0 spiro atoms. The van der Waals surface area contributed by atoms with E-state index in [-0.39, 0.29) is 18.6 Å². The van der Waals surface area contributed by atoms with E-state index in [2.05, 4.69) is 20.4 Å². The Balaban J connectivity index is 1.65. The molecule has 25 heavy (non-hydrogen) atoms. The largest absolute Gasteiger partial charge is 0.473 e. The summed E-state index contributed by atoms with van der Waals surface area (Å²) in [5, 5.41) is 6.78. The van der Waals surface area contributed by atoms with Crippen molar-refractivity contribution in [2.75, 3.05) is 0 Å². The van der Waals surface area contributed by atoms with E-state index in [0.29, 0.717) is 22.8 Å². The van der Waals surface area contributed by atoms with Crippen LogP contribution in [0.25, 0.3) is 11.4 Å². The fourth-order valence-corrected chi connectivity index (χ4v) is 2.17. The number of carbonyl (C=O) groups excluding carboxylic acids is 1. The summed E-state index contributed by atoms with van der Waals surface area (Å²) >= 11 is 0. The van der Waals surface area contributed by atoms with Crippen molar-refractivity contribution in [3.63, 3.8) is 0 Å². The van der Waals surface area contributed by atoms with Crippen molar-refractivity contribution < 1.29 is 14.1 Å². The second-order valence-electron chi connectivity index (χ2n) is 5.71. The first-order valence-electron chi connectivity index (χ1n) is 7.88. The zero-order chi connectivity index (χ0) is 17.6. The van der Waals surface area contributed by atoms with Crippen LogP contribution in [-0.4, -0.2) is 27.1 Å². The van der Waals surface area contributed by atoms with Gasteiger partial charge in [0.2, 0.25) is 5.88 Å². The molecule has 3 rings (SSSR count). The highest BCUT2D eigenvalue weighted by Gasteiger charge is 2.13. The highest BCUT2D eigenvalue weighted by Crippen LogP contribution is 2.21. The molecule has 3 aromatic rings. The average Bonchev–Trinajstić information content (AvgIpc) is 3.09. The zero-order valence-corrected chi connectivity index (χ0v) is 14.0. The molecule has 0 aliphatic rings. The molecule has 0 unspecified atom stereocenters. The quantitative estimate of drug-likeness (QED) is 0.743. The van der Waals surface area contributed by atoms with Crippen molar-refractivity contribution in [3.05, 3.63) is 60.1 Å². The smallest absolute Gasteiger partial charge is 0.253 e. The topological polar surface area (TPSA) is 90.1 Å². The van der Waals surface area contributed by atoms with Gasteiger partial charge in [-0.1, -0.05) is 11.2 Å². The van der Waals surface area contributed by atoms with Crippen molar-refractivity contribution in [2.24, 2.45) is 0 Å². The van der Waals surface area contributed by atoms with Gasteiger partial charge in [-0.2, -0.15) is 0 Å². The highest BCUT2D eigenvalue weighted by molar-refractivity contribution is 5.94. The molecular weight excluding hydrogens is 320 g/mol. The third-order valence-corrected chi connectivity index (χ3v) is 3.34. The van der Waals surface area contributed by atoms with E-state index in [1.165, 1.54) is 12.5 Å². The first-order valence-corrected chi connectivity index (χ1v) is 7.88. The van der Waals surface area contributed by atoms with Gasteiger partial charge in [0, 0.05) is 24.5 Å². The fraction of sp³-hybridized carbons (Fsp3) is 0.222. The van der Waals surface area contributed by atoms with Crippen molar-refractivity contribution >= 4 is 5.91 Å². The third-order valence-electron chi connectivity index (χ3n) is 3.34. The number of hydrogen-bond acceptors (Lipinski definition) is 6. The molecule has 0 bridgehead atoms. The van der Waals surface area contributed by atoms with Gasteiger partial charge in [0.1, 0.15) is 18.6 Å². The van der Waals surface area contributed by atoms with Crippen LogP contribution in [0.3, 0.4) is 0 Å². The maximum absolute atomic E-state index is 11.9. The molecule has 0 saturated heterocycles. The first-order chi connectivity index (χ1) is 12.1. The van der Waals surface area contributed by atoms with Crippen LogP contribution >= 0.6 is 0 Å². The standard InChI is InChI=1S/C18H18N4O3/c1-12(2)21-18(23)13-6-7-16(20-9-13)24-10-14-11-25-22-17(14)15-5-3-4-8-19-15/h3-9,11-12H,10H2,1-2H3,(H,21,23). The Hall–Kier alpha value is -3.22. The van der Waals surface area contributed by atoms with Crippen LogP contribution in [0.4, 0.5) is 0 Å². The van der Waals surface area contributed by atoms with E-state index < -0.39 is 0 Å². The van der Waals surface area contributed by atoms with E-state index in [0.717, 1.165) is 5.56 Å². The highest BCUT2D eigenvalue weighted by atomic mass is 16.5. The molecule has 0 fully saturated rings. The summed E-state index contributed by atoms with van der Waals surface area (Å²) in [6, 6.07) is 8.96. The van der Waals surface area contributed by atoms with Gasteiger partial charge in [0.05, 0.1) is 16.8 Å². The summed E-state index contributed by atoms with van der Waals surface area (Å²) in [5.41, 5.74) is 2.60. The molecule has 0 aliphatic heterocycles. The lowest BCUT2D eigenvalue weighted by molar-refractivity contribution is 0.0942. The lowest BCUT2D eigenvalue weighted by Gasteiger charge is -2.09. The lowest BCUT2D eigenvalue weighted by Crippen LogP contribution is -2.30. The summed E-state index contributed by atoms with van der Waals surface area (Å²) in [4.78, 5) is 20.3. The zero-order valence-electron chi connectivity index (χ0n) is 14.0. The van der Waals surface area contributed by atoms with E-state index in [1.54, 1.807) is 18.3 Å².